The van der Waals surface area contributed by atoms with Gasteiger partial charge in [-0.3, -0.25) is 0 Å². The lowest BCUT2D eigenvalue weighted by Crippen LogP contribution is -2.15. The van der Waals surface area contributed by atoms with Crippen molar-refractivity contribution in [1.82, 2.24) is 4.98 Å². The van der Waals surface area contributed by atoms with Crippen molar-refractivity contribution < 1.29 is 9.53 Å². The van der Waals surface area contributed by atoms with Gasteiger partial charge in [-0.05, 0) is 36.8 Å². The van der Waals surface area contributed by atoms with Crippen molar-refractivity contribution >= 4 is 11.8 Å². The van der Waals surface area contributed by atoms with Crippen molar-refractivity contribution in [2.75, 3.05) is 19.0 Å². The van der Waals surface area contributed by atoms with Crippen molar-refractivity contribution in [3.8, 4) is 0 Å². The summed E-state index contributed by atoms with van der Waals surface area (Å²) in [5, 5.41) is 3.30. The monoisotopic (exact) mass is 234 g/mol. The van der Waals surface area contributed by atoms with Gasteiger partial charge in [-0.25, -0.2) is 9.78 Å². The summed E-state index contributed by atoms with van der Waals surface area (Å²) >= 11 is 0. The van der Waals surface area contributed by atoms with Crippen LogP contribution in [0.1, 0.15) is 36.5 Å². The van der Waals surface area contributed by atoms with E-state index in [-0.39, 0.29) is 5.97 Å². The Bertz CT molecular complexity index is 414. The number of esters is 1. The van der Waals surface area contributed by atoms with Crippen LogP contribution in [0.5, 0.6) is 0 Å². The molecule has 17 heavy (non-hydrogen) atoms. The lowest BCUT2D eigenvalue weighted by molar-refractivity contribution is 0.0600. The SMILES string of the molecule is CCC1(CNc2cc(C(=O)OC)ccn2)CC1. The zero-order valence-corrected chi connectivity index (χ0v) is 10.3. The molecule has 1 aromatic heterocycles. The Labute approximate surface area is 101 Å². The number of ether oxygens (including phenoxy) is 1. The van der Waals surface area contributed by atoms with E-state index in [9.17, 15) is 4.79 Å². The van der Waals surface area contributed by atoms with Gasteiger partial charge in [0.15, 0.2) is 0 Å². The molecule has 1 saturated carbocycles. The molecule has 1 aliphatic rings. The van der Waals surface area contributed by atoms with Crippen LogP contribution in [-0.2, 0) is 4.74 Å². The normalized spacial score (nSPS) is 16.4. The van der Waals surface area contributed by atoms with Crippen LogP contribution in [0.4, 0.5) is 5.82 Å². The molecule has 4 heteroatoms. The Hall–Kier alpha value is -1.58. The van der Waals surface area contributed by atoms with Gasteiger partial charge in [-0.2, -0.15) is 0 Å². The van der Waals surface area contributed by atoms with Crippen molar-refractivity contribution in [2.24, 2.45) is 5.41 Å². The summed E-state index contributed by atoms with van der Waals surface area (Å²) in [5.74, 6) is 0.416. The van der Waals surface area contributed by atoms with Crippen LogP contribution in [-0.4, -0.2) is 24.6 Å². The van der Waals surface area contributed by atoms with Crippen LogP contribution in [0.2, 0.25) is 0 Å². The molecule has 0 atom stereocenters. The summed E-state index contributed by atoms with van der Waals surface area (Å²) in [5.41, 5.74) is 0.995. The molecule has 0 radical (unpaired) electrons. The number of carbonyl (C=O) groups is 1. The lowest BCUT2D eigenvalue weighted by atomic mass is 10.0. The number of nitrogens with one attached hydrogen (secondary N) is 1. The quantitative estimate of drug-likeness (QED) is 0.795. The van der Waals surface area contributed by atoms with Gasteiger partial charge in [0.25, 0.3) is 0 Å². The van der Waals surface area contributed by atoms with Gasteiger partial charge in [-0.15, -0.1) is 0 Å². The van der Waals surface area contributed by atoms with Crippen molar-refractivity contribution in [3.05, 3.63) is 23.9 Å². The average Bonchev–Trinajstić information content (AvgIpc) is 3.16. The van der Waals surface area contributed by atoms with E-state index < -0.39 is 0 Å². The Balaban J connectivity index is 1.99. The maximum absolute atomic E-state index is 11.4. The first-order valence-corrected chi connectivity index (χ1v) is 5.97. The highest BCUT2D eigenvalue weighted by Gasteiger charge is 2.40. The highest BCUT2D eigenvalue weighted by Crippen LogP contribution is 2.48. The average molecular weight is 234 g/mol. The standard InChI is InChI=1S/C13H18N2O2/c1-3-13(5-6-13)9-15-11-8-10(4-7-14-11)12(16)17-2/h4,7-8H,3,5-6,9H2,1-2H3,(H,14,15). The number of rotatable bonds is 5. The Morgan fingerprint density at radius 3 is 2.94 bits per heavy atom. The maximum atomic E-state index is 11.4. The van der Waals surface area contributed by atoms with Gasteiger partial charge in [-0.1, -0.05) is 6.92 Å². The smallest absolute Gasteiger partial charge is 0.338 e. The van der Waals surface area contributed by atoms with E-state index in [1.807, 2.05) is 0 Å². The molecule has 1 N–H and O–H groups in total. The summed E-state index contributed by atoms with van der Waals surface area (Å²) in [6, 6.07) is 3.39. The number of methoxy groups -OCH3 is 1. The minimum absolute atomic E-state index is 0.327. The van der Waals surface area contributed by atoms with Crippen molar-refractivity contribution in [3.63, 3.8) is 0 Å². The molecule has 1 aromatic rings. The third-order valence-electron chi connectivity index (χ3n) is 3.53. The fourth-order valence-corrected chi connectivity index (χ4v) is 1.88. The first kappa shape index (κ1) is 11.9. The Morgan fingerprint density at radius 1 is 1.59 bits per heavy atom. The van der Waals surface area contributed by atoms with Gasteiger partial charge in [0, 0.05) is 12.7 Å². The molecule has 2 rings (SSSR count). The molecule has 0 unspecified atom stereocenters. The summed E-state index contributed by atoms with van der Waals surface area (Å²) in [4.78, 5) is 15.6. The molecule has 0 saturated heterocycles. The number of hydrogen-bond acceptors (Lipinski definition) is 4. The summed E-state index contributed by atoms with van der Waals surface area (Å²) in [6.07, 6.45) is 5.39. The van der Waals surface area contributed by atoms with Crippen LogP contribution in [0.25, 0.3) is 0 Å². The van der Waals surface area contributed by atoms with Gasteiger partial charge >= 0.3 is 5.97 Å². The molecule has 0 aromatic carbocycles. The maximum Gasteiger partial charge on any atom is 0.338 e. The highest BCUT2D eigenvalue weighted by molar-refractivity contribution is 5.89. The molecular weight excluding hydrogens is 216 g/mol. The summed E-state index contributed by atoms with van der Waals surface area (Å²) < 4.78 is 4.68. The minimum Gasteiger partial charge on any atom is -0.465 e. The third-order valence-corrected chi connectivity index (χ3v) is 3.53. The fraction of sp³-hybridized carbons (Fsp3) is 0.538. The first-order chi connectivity index (χ1) is 8.19. The predicted octanol–water partition coefficient (Wildman–Crippen LogP) is 2.47. The van der Waals surface area contributed by atoms with Gasteiger partial charge in [0.05, 0.1) is 12.7 Å². The van der Waals surface area contributed by atoms with Crippen molar-refractivity contribution in [1.29, 1.82) is 0 Å². The third kappa shape index (κ3) is 2.75. The minimum atomic E-state index is -0.327. The van der Waals surface area contributed by atoms with E-state index in [2.05, 4.69) is 22.0 Å². The van der Waals surface area contributed by atoms with E-state index in [1.165, 1.54) is 26.4 Å². The molecular formula is C13H18N2O2. The molecule has 1 aliphatic carbocycles. The van der Waals surface area contributed by atoms with Crippen LogP contribution < -0.4 is 5.32 Å². The molecule has 0 spiro atoms. The van der Waals surface area contributed by atoms with E-state index in [0.29, 0.717) is 11.0 Å². The van der Waals surface area contributed by atoms with Crippen LogP contribution in [0.15, 0.2) is 18.3 Å². The number of anilines is 1. The number of pyridine rings is 1. The van der Waals surface area contributed by atoms with Crippen molar-refractivity contribution in [2.45, 2.75) is 26.2 Å². The van der Waals surface area contributed by atoms with Gasteiger partial charge in [0.2, 0.25) is 0 Å². The topological polar surface area (TPSA) is 51.2 Å². The van der Waals surface area contributed by atoms with E-state index in [4.69, 9.17) is 0 Å². The molecule has 1 heterocycles. The summed E-state index contributed by atoms with van der Waals surface area (Å²) in [7, 11) is 1.38. The summed E-state index contributed by atoms with van der Waals surface area (Å²) in [6.45, 7) is 3.15. The second-order valence-corrected chi connectivity index (χ2v) is 4.63. The zero-order valence-electron chi connectivity index (χ0n) is 10.3. The lowest BCUT2D eigenvalue weighted by Gasteiger charge is -2.14. The first-order valence-electron chi connectivity index (χ1n) is 5.97. The fourth-order valence-electron chi connectivity index (χ4n) is 1.88. The van der Waals surface area contributed by atoms with Gasteiger partial charge in [0.1, 0.15) is 5.82 Å². The molecule has 0 aliphatic heterocycles. The van der Waals surface area contributed by atoms with E-state index in [0.717, 1.165) is 12.4 Å². The van der Waals surface area contributed by atoms with Crippen LogP contribution >= 0.6 is 0 Å². The van der Waals surface area contributed by atoms with E-state index >= 15 is 0 Å². The molecule has 92 valence electrons. The molecule has 0 amide bonds. The van der Waals surface area contributed by atoms with Crippen LogP contribution in [0, 0.1) is 5.41 Å². The molecule has 4 nitrogen and oxygen atoms in total. The second kappa shape index (κ2) is 4.73. The largest absolute Gasteiger partial charge is 0.465 e. The number of aromatic nitrogens is 1. The zero-order chi connectivity index (χ0) is 12.3. The second-order valence-electron chi connectivity index (χ2n) is 4.63. The molecule has 0 bridgehead atoms. The van der Waals surface area contributed by atoms with Crippen LogP contribution in [0.3, 0.4) is 0 Å². The van der Waals surface area contributed by atoms with E-state index in [1.54, 1.807) is 18.3 Å². The predicted molar refractivity (Wildman–Crippen MR) is 66.0 cm³/mol. The Morgan fingerprint density at radius 2 is 2.35 bits per heavy atom. The number of hydrogen-bond donors (Lipinski definition) is 1. The number of nitrogens with zero attached hydrogens (tertiary/aromatic N) is 1. The number of carbonyl (C=O) groups excluding carboxylic acids is 1. The highest BCUT2D eigenvalue weighted by atomic mass is 16.5. The molecule has 1 fully saturated rings. The van der Waals surface area contributed by atoms with Gasteiger partial charge < -0.3 is 10.1 Å². The Kier molecular flexibility index (Phi) is 3.31.